The van der Waals surface area contributed by atoms with Crippen molar-refractivity contribution in [3.63, 3.8) is 0 Å². The van der Waals surface area contributed by atoms with Crippen LogP contribution in [0, 0.1) is 11.3 Å². The van der Waals surface area contributed by atoms with E-state index in [-0.39, 0.29) is 6.04 Å². The molecule has 0 saturated heterocycles. The van der Waals surface area contributed by atoms with Gasteiger partial charge in [-0.05, 0) is 30.5 Å². The lowest BCUT2D eigenvalue weighted by molar-refractivity contribution is 0.0115. The Morgan fingerprint density at radius 3 is 2.47 bits per heavy atom. The van der Waals surface area contributed by atoms with Gasteiger partial charge in [-0.25, -0.2) is 0 Å². The molecule has 4 heteroatoms. The lowest BCUT2D eigenvalue weighted by atomic mass is 9.87. The van der Waals surface area contributed by atoms with Gasteiger partial charge in [0.2, 0.25) is 0 Å². The third kappa shape index (κ3) is 2.88. The van der Waals surface area contributed by atoms with Crippen LogP contribution in [0.25, 0.3) is 0 Å². The predicted octanol–water partition coefficient (Wildman–Crippen LogP) is 1.92. The molecule has 1 aliphatic carbocycles. The molecule has 0 aromatic heterocycles. The van der Waals surface area contributed by atoms with Gasteiger partial charge < -0.3 is 16.2 Å². The van der Waals surface area contributed by atoms with E-state index in [1.807, 2.05) is 12.1 Å². The van der Waals surface area contributed by atoms with E-state index >= 15 is 0 Å². The molecule has 1 aromatic carbocycles. The summed E-state index contributed by atoms with van der Waals surface area (Å²) in [4.78, 5) is 0. The smallest absolute Gasteiger partial charge is 0.0991 e. The predicted molar refractivity (Wildman–Crippen MR) is 73.8 cm³/mol. The van der Waals surface area contributed by atoms with Crippen molar-refractivity contribution in [2.75, 3.05) is 0 Å². The van der Waals surface area contributed by atoms with Crippen molar-refractivity contribution in [2.45, 2.75) is 37.3 Å². The van der Waals surface area contributed by atoms with Crippen LogP contribution in [-0.4, -0.2) is 10.7 Å². The first kappa shape index (κ1) is 13.4. The maximum Gasteiger partial charge on any atom is 0.0991 e. The first-order valence-corrected chi connectivity index (χ1v) is 6.55. The van der Waals surface area contributed by atoms with E-state index in [1.165, 1.54) is 6.20 Å². The van der Waals surface area contributed by atoms with E-state index in [0.717, 1.165) is 31.2 Å². The standard InChI is InChI=1S/C15H19N3O/c16-9-10-18-14(15(19)7-1-2-8-15)13-5-3-12(11-17)4-6-13/h3-6,9-10,14,18-19H,1-2,7-8,16H2/b10-9-. The average Bonchev–Trinajstić information content (AvgIpc) is 2.87. The van der Waals surface area contributed by atoms with Crippen molar-refractivity contribution in [3.8, 4) is 6.07 Å². The number of nitrogens with one attached hydrogen (secondary N) is 1. The van der Waals surface area contributed by atoms with Gasteiger partial charge in [-0.1, -0.05) is 25.0 Å². The fourth-order valence-electron chi connectivity index (χ4n) is 2.74. The Bertz CT molecular complexity index is 481. The Labute approximate surface area is 113 Å². The highest BCUT2D eigenvalue weighted by Crippen LogP contribution is 2.39. The van der Waals surface area contributed by atoms with Crippen molar-refractivity contribution in [1.82, 2.24) is 5.32 Å². The van der Waals surface area contributed by atoms with Crippen LogP contribution in [0.15, 0.2) is 36.7 Å². The Hall–Kier alpha value is -1.99. The second-order valence-corrected chi connectivity index (χ2v) is 5.00. The first-order chi connectivity index (χ1) is 9.19. The van der Waals surface area contributed by atoms with Gasteiger partial charge >= 0.3 is 0 Å². The Kier molecular flexibility index (Phi) is 4.08. The lowest BCUT2D eigenvalue weighted by Gasteiger charge is -2.33. The molecule has 19 heavy (non-hydrogen) atoms. The number of nitrogens with two attached hydrogens (primary N) is 1. The van der Waals surface area contributed by atoms with E-state index < -0.39 is 5.60 Å². The van der Waals surface area contributed by atoms with E-state index in [2.05, 4.69) is 11.4 Å². The average molecular weight is 257 g/mol. The van der Waals surface area contributed by atoms with Crippen LogP contribution in [0.4, 0.5) is 0 Å². The summed E-state index contributed by atoms with van der Waals surface area (Å²) < 4.78 is 0. The molecule has 1 atom stereocenters. The number of aliphatic hydroxyl groups is 1. The normalized spacial score (nSPS) is 19.2. The van der Waals surface area contributed by atoms with Crippen LogP contribution in [0.3, 0.4) is 0 Å². The zero-order valence-electron chi connectivity index (χ0n) is 10.8. The van der Waals surface area contributed by atoms with Crippen molar-refractivity contribution < 1.29 is 5.11 Å². The van der Waals surface area contributed by atoms with Crippen LogP contribution in [0.2, 0.25) is 0 Å². The van der Waals surface area contributed by atoms with Crippen molar-refractivity contribution in [2.24, 2.45) is 5.73 Å². The molecule has 4 nitrogen and oxygen atoms in total. The molecule has 0 spiro atoms. The molecule has 1 saturated carbocycles. The Morgan fingerprint density at radius 2 is 1.95 bits per heavy atom. The zero-order chi connectivity index (χ0) is 13.7. The van der Waals surface area contributed by atoms with Crippen LogP contribution >= 0.6 is 0 Å². The summed E-state index contributed by atoms with van der Waals surface area (Å²) in [5, 5.41) is 22.8. The summed E-state index contributed by atoms with van der Waals surface area (Å²) in [5.74, 6) is 0. The fraction of sp³-hybridized carbons (Fsp3) is 0.400. The van der Waals surface area contributed by atoms with E-state index in [9.17, 15) is 5.11 Å². The van der Waals surface area contributed by atoms with Gasteiger partial charge in [0.25, 0.3) is 0 Å². The molecule has 100 valence electrons. The minimum atomic E-state index is -0.742. The highest BCUT2D eigenvalue weighted by atomic mass is 16.3. The molecule has 0 heterocycles. The number of nitriles is 1. The molecule has 1 fully saturated rings. The Morgan fingerprint density at radius 1 is 1.32 bits per heavy atom. The zero-order valence-corrected chi connectivity index (χ0v) is 10.8. The molecular formula is C15H19N3O. The van der Waals surface area contributed by atoms with Gasteiger partial charge in [0, 0.05) is 12.4 Å². The molecule has 1 aliphatic rings. The summed E-state index contributed by atoms with van der Waals surface area (Å²) in [6.07, 6.45) is 6.72. The number of hydrogen-bond acceptors (Lipinski definition) is 4. The molecule has 2 rings (SSSR count). The molecule has 0 aliphatic heterocycles. The minimum Gasteiger partial charge on any atom is -0.403 e. The van der Waals surface area contributed by atoms with Crippen LogP contribution in [0.5, 0.6) is 0 Å². The monoisotopic (exact) mass is 257 g/mol. The largest absolute Gasteiger partial charge is 0.403 e. The number of rotatable bonds is 4. The van der Waals surface area contributed by atoms with Crippen molar-refractivity contribution in [3.05, 3.63) is 47.8 Å². The van der Waals surface area contributed by atoms with Gasteiger partial charge in [0.15, 0.2) is 0 Å². The molecule has 0 amide bonds. The van der Waals surface area contributed by atoms with Gasteiger partial charge in [0.1, 0.15) is 0 Å². The summed E-state index contributed by atoms with van der Waals surface area (Å²) >= 11 is 0. The maximum absolute atomic E-state index is 10.8. The fourth-order valence-corrected chi connectivity index (χ4v) is 2.74. The highest BCUT2D eigenvalue weighted by Gasteiger charge is 2.39. The molecular weight excluding hydrogens is 238 g/mol. The van der Waals surface area contributed by atoms with Crippen molar-refractivity contribution in [1.29, 1.82) is 5.26 Å². The number of hydrogen-bond donors (Lipinski definition) is 3. The maximum atomic E-state index is 10.8. The molecule has 0 radical (unpaired) electrons. The highest BCUT2D eigenvalue weighted by molar-refractivity contribution is 5.34. The van der Waals surface area contributed by atoms with E-state index in [0.29, 0.717) is 5.56 Å². The van der Waals surface area contributed by atoms with Gasteiger partial charge in [-0.15, -0.1) is 0 Å². The lowest BCUT2D eigenvalue weighted by Crippen LogP contribution is -2.40. The Balaban J connectivity index is 2.28. The number of nitrogens with zero attached hydrogens (tertiary/aromatic N) is 1. The number of benzene rings is 1. The molecule has 4 N–H and O–H groups in total. The summed E-state index contributed by atoms with van der Waals surface area (Å²) in [7, 11) is 0. The van der Waals surface area contributed by atoms with Crippen LogP contribution in [0.1, 0.15) is 42.9 Å². The summed E-state index contributed by atoms with van der Waals surface area (Å²) in [6, 6.07) is 9.22. The molecule has 1 unspecified atom stereocenters. The summed E-state index contributed by atoms with van der Waals surface area (Å²) in [5.41, 5.74) is 6.23. The molecule has 1 aromatic rings. The van der Waals surface area contributed by atoms with Crippen LogP contribution < -0.4 is 11.1 Å². The molecule has 0 bridgehead atoms. The van der Waals surface area contributed by atoms with Crippen molar-refractivity contribution >= 4 is 0 Å². The topological polar surface area (TPSA) is 82.1 Å². The first-order valence-electron chi connectivity index (χ1n) is 6.55. The summed E-state index contributed by atoms with van der Waals surface area (Å²) in [6.45, 7) is 0. The van der Waals surface area contributed by atoms with E-state index in [1.54, 1.807) is 18.3 Å². The van der Waals surface area contributed by atoms with Crippen LogP contribution in [-0.2, 0) is 0 Å². The van der Waals surface area contributed by atoms with Gasteiger partial charge in [0.05, 0.1) is 23.3 Å². The third-order valence-corrected chi connectivity index (χ3v) is 3.74. The third-order valence-electron chi connectivity index (χ3n) is 3.74. The minimum absolute atomic E-state index is 0.192. The SMILES string of the molecule is N#Cc1ccc(C(N/C=C\N)C2(O)CCCC2)cc1. The van der Waals surface area contributed by atoms with Gasteiger partial charge in [-0.2, -0.15) is 5.26 Å². The quantitative estimate of drug-likeness (QED) is 0.769. The van der Waals surface area contributed by atoms with E-state index in [4.69, 9.17) is 11.0 Å². The second-order valence-electron chi connectivity index (χ2n) is 5.00. The van der Waals surface area contributed by atoms with Gasteiger partial charge in [-0.3, -0.25) is 0 Å². The second kappa shape index (κ2) is 5.77.